The lowest BCUT2D eigenvalue weighted by atomic mass is 10.2. The van der Waals surface area contributed by atoms with E-state index in [1.807, 2.05) is 17.1 Å². The van der Waals surface area contributed by atoms with Crippen molar-refractivity contribution in [3.05, 3.63) is 72.6 Å². The van der Waals surface area contributed by atoms with Crippen LogP contribution >= 0.6 is 0 Å². The van der Waals surface area contributed by atoms with Crippen molar-refractivity contribution in [2.45, 2.75) is 19.1 Å². The number of benzene rings is 1. The van der Waals surface area contributed by atoms with Gasteiger partial charge in [0, 0.05) is 51.9 Å². The van der Waals surface area contributed by atoms with Gasteiger partial charge in [0.2, 0.25) is 11.9 Å². The lowest BCUT2D eigenvalue weighted by Gasteiger charge is -2.34. The topological polar surface area (TPSA) is 119 Å². The second-order valence-electron chi connectivity index (χ2n) is 9.37. The zero-order valence-electron chi connectivity index (χ0n) is 21.4. The summed E-state index contributed by atoms with van der Waals surface area (Å²) in [6, 6.07) is 6.23. The lowest BCUT2D eigenvalue weighted by molar-refractivity contribution is 0.0161. The fourth-order valence-electron chi connectivity index (χ4n) is 4.57. The molecule has 0 radical (unpaired) electrons. The highest BCUT2D eigenvalue weighted by Crippen LogP contribution is 2.24. The van der Waals surface area contributed by atoms with Crippen LogP contribution in [0, 0.1) is 5.82 Å². The smallest absolute Gasteiger partial charge is 0.228 e. The summed E-state index contributed by atoms with van der Waals surface area (Å²) in [4.78, 5) is 26.5. The molecular weight excluding hydrogens is 503 g/mol. The summed E-state index contributed by atoms with van der Waals surface area (Å²) in [6.07, 6.45) is 9.26. The average Bonchev–Trinajstić information content (AvgIpc) is 3.42. The highest BCUT2D eigenvalue weighted by Gasteiger charge is 2.22. The van der Waals surface area contributed by atoms with Gasteiger partial charge in [0.1, 0.15) is 12.2 Å². The molecule has 2 saturated heterocycles. The molecule has 2 aliphatic rings. The van der Waals surface area contributed by atoms with E-state index in [9.17, 15) is 4.39 Å². The van der Waals surface area contributed by atoms with Gasteiger partial charge in [-0.05, 0) is 17.7 Å². The minimum absolute atomic E-state index is 0.129. The van der Waals surface area contributed by atoms with Crippen LogP contribution in [0.4, 0.5) is 16.3 Å². The molecule has 1 N–H and O–H groups in total. The number of morpholine rings is 1. The van der Waals surface area contributed by atoms with Gasteiger partial charge in [-0.2, -0.15) is 10.1 Å². The Labute approximate surface area is 224 Å². The molecule has 2 fully saturated rings. The van der Waals surface area contributed by atoms with Crippen LogP contribution in [0.1, 0.15) is 11.4 Å². The van der Waals surface area contributed by atoms with Gasteiger partial charge in [-0.3, -0.25) is 4.68 Å². The number of anilines is 2. The van der Waals surface area contributed by atoms with Crippen LogP contribution in [0.25, 0.3) is 0 Å². The molecule has 4 aromatic rings. The summed E-state index contributed by atoms with van der Waals surface area (Å²) < 4.78 is 27.1. The van der Waals surface area contributed by atoms with Gasteiger partial charge in [-0.1, -0.05) is 12.1 Å². The number of rotatable bonds is 8. The highest BCUT2D eigenvalue weighted by molar-refractivity contribution is 5.39. The molecule has 39 heavy (non-hydrogen) atoms. The number of aromatic nitrogens is 7. The van der Waals surface area contributed by atoms with E-state index >= 15 is 0 Å². The Kier molecular flexibility index (Phi) is 7.50. The van der Waals surface area contributed by atoms with Crippen molar-refractivity contribution in [2.75, 3.05) is 55.7 Å². The maximum atomic E-state index is 13.8. The molecule has 3 aromatic heterocycles. The van der Waals surface area contributed by atoms with Crippen LogP contribution in [0.3, 0.4) is 0 Å². The quantitative estimate of drug-likeness (QED) is 0.357. The van der Waals surface area contributed by atoms with E-state index < -0.39 is 5.82 Å². The maximum absolute atomic E-state index is 13.8. The Balaban J connectivity index is 1.02. The summed E-state index contributed by atoms with van der Waals surface area (Å²) in [5.74, 6) is 2.04. The minimum atomic E-state index is -0.434. The third-order valence-corrected chi connectivity index (χ3v) is 6.58. The largest absolute Gasteiger partial charge is 0.451 e. The Hall–Kier alpha value is -4.23. The zero-order valence-corrected chi connectivity index (χ0v) is 21.4. The Morgan fingerprint density at radius 1 is 0.974 bits per heavy atom. The minimum Gasteiger partial charge on any atom is -0.451 e. The Morgan fingerprint density at radius 3 is 2.54 bits per heavy atom. The van der Waals surface area contributed by atoms with E-state index in [1.165, 1.54) is 6.07 Å². The third-order valence-electron chi connectivity index (χ3n) is 6.58. The van der Waals surface area contributed by atoms with Crippen molar-refractivity contribution >= 4 is 11.9 Å². The number of hydrogen-bond acceptors (Lipinski definition) is 11. The predicted octanol–water partition coefficient (Wildman–Crippen LogP) is 1.70. The van der Waals surface area contributed by atoms with Gasteiger partial charge >= 0.3 is 0 Å². The fourth-order valence-corrected chi connectivity index (χ4v) is 4.57. The molecule has 2 aliphatic heterocycles. The molecule has 0 spiro atoms. The van der Waals surface area contributed by atoms with Crippen molar-refractivity contribution in [3.8, 4) is 11.5 Å². The highest BCUT2D eigenvalue weighted by atomic mass is 19.1. The van der Waals surface area contributed by atoms with Crippen molar-refractivity contribution < 1.29 is 13.9 Å². The zero-order chi connectivity index (χ0) is 26.4. The number of piperazine rings is 1. The monoisotopic (exact) mass is 532 g/mol. The average molecular weight is 533 g/mol. The molecule has 6 rings (SSSR count). The fraction of sp³-hybridized carbons (Fsp3) is 0.385. The number of nitrogens with zero attached hydrogens (tertiary/aromatic N) is 9. The molecule has 0 saturated carbocycles. The van der Waals surface area contributed by atoms with E-state index in [0.717, 1.165) is 25.3 Å². The molecule has 202 valence electrons. The van der Waals surface area contributed by atoms with Gasteiger partial charge in [0.25, 0.3) is 0 Å². The van der Waals surface area contributed by atoms with Crippen LogP contribution in [0.2, 0.25) is 0 Å². The number of nitrogens with one attached hydrogen (secondary N) is 1. The summed E-state index contributed by atoms with van der Waals surface area (Å²) in [6.45, 7) is 6.02. The van der Waals surface area contributed by atoms with E-state index in [4.69, 9.17) is 14.5 Å². The molecular formula is C26H29FN10O2. The number of para-hydroxylation sites is 1. The van der Waals surface area contributed by atoms with Crippen LogP contribution in [0.5, 0.6) is 11.5 Å². The summed E-state index contributed by atoms with van der Waals surface area (Å²) >= 11 is 0. The normalized spacial score (nSPS) is 17.8. The second kappa shape index (κ2) is 11.7. The lowest BCUT2D eigenvalue weighted by Crippen LogP contribution is -2.47. The molecule has 0 amide bonds. The van der Waals surface area contributed by atoms with E-state index in [0.29, 0.717) is 62.6 Å². The van der Waals surface area contributed by atoms with Crippen molar-refractivity contribution in [1.29, 1.82) is 0 Å². The van der Waals surface area contributed by atoms with Gasteiger partial charge in [-0.15, -0.1) is 0 Å². The molecule has 12 nitrogen and oxygen atoms in total. The third kappa shape index (κ3) is 6.26. The number of halogens is 1. The maximum Gasteiger partial charge on any atom is 0.228 e. The first kappa shape index (κ1) is 25.1. The molecule has 0 bridgehead atoms. The van der Waals surface area contributed by atoms with Gasteiger partial charge in [0.05, 0.1) is 37.8 Å². The van der Waals surface area contributed by atoms with Gasteiger partial charge < -0.3 is 24.6 Å². The van der Waals surface area contributed by atoms with E-state index in [-0.39, 0.29) is 11.9 Å². The standard InChI is InChI=1S/C26H29FN10O2/c27-22-3-1-2-4-23(22)39-20-14-29-25(30-15-20)35-6-8-36(9-7-35)26-32-18-31-24(34-26)11-19-12-33-37(16-19)17-21-13-28-5-10-38-21/h1-4,12,14-16,18,21,28H,5-11,13,17H2/t21-/m0/s1. The first-order valence-corrected chi connectivity index (χ1v) is 13.0. The molecule has 0 unspecified atom stereocenters. The summed E-state index contributed by atoms with van der Waals surface area (Å²) in [7, 11) is 0. The second-order valence-corrected chi connectivity index (χ2v) is 9.37. The summed E-state index contributed by atoms with van der Waals surface area (Å²) in [5.41, 5.74) is 1.04. The number of ether oxygens (including phenoxy) is 2. The Bertz CT molecular complexity index is 1370. The summed E-state index contributed by atoms with van der Waals surface area (Å²) in [5, 5.41) is 7.81. The molecule has 13 heteroatoms. The Morgan fingerprint density at radius 2 is 1.77 bits per heavy atom. The van der Waals surface area contributed by atoms with E-state index in [2.05, 4.69) is 40.2 Å². The van der Waals surface area contributed by atoms with Crippen molar-refractivity contribution in [1.82, 2.24) is 40.0 Å². The molecule has 1 aromatic carbocycles. The van der Waals surface area contributed by atoms with Crippen molar-refractivity contribution in [2.24, 2.45) is 0 Å². The van der Waals surface area contributed by atoms with Gasteiger partial charge in [0.15, 0.2) is 17.3 Å². The van der Waals surface area contributed by atoms with Crippen LogP contribution in [0.15, 0.2) is 55.4 Å². The van der Waals surface area contributed by atoms with Crippen LogP contribution < -0.4 is 19.9 Å². The van der Waals surface area contributed by atoms with E-state index in [1.54, 1.807) is 36.9 Å². The molecule has 0 aliphatic carbocycles. The van der Waals surface area contributed by atoms with Crippen molar-refractivity contribution in [3.63, 3.8) is 0 Å². The first-order valence-electron chi connectivity index (χ1n) is 13.0. The SMILES string of the molecule is Fc1ccccc1Oc1cnc(N2CCN(c3ncnc(Cc4cnn(C[C@@H]5CNCCO5)c4)n3)CC2)nc1. The van der Waals surface area contributed by atoms with Crippen LogP contribution in [-0.2, 0) is 17.7 Å². The molecule has 5 heterocycles. The first-order chi connectivity index (χ1) is 19.2. The predicted molar refractivity (Wildman–Crippen MR) is 140 cm³/mol. The molecule has 1 atom stereocenters. The van der Waals surface area contributed by atoms with Crippen LogP contribution in [-0.4, -0.2) is 86.7 Å². The number of hydrogen-bond donors (Lipinski definition) is 1. The van der Waals surface area contributed by atoms with Gasteiger partial charge in [-0.25, -0.2) is 24.3 Å².